The van der Waals surface area contributed by atoms with Crippen molar-refractivity contribution in [1.29, 1.82) is 0 Å². The Kier molecular flexibility index (Phi) is 4.81. The molecule has 5 heteroatoms. The van der Waals surface area contributed by atoms with Gasteiger partial charge in [-0.3, -0.25) is 0 Å². The smallest absolute Gasteiger partial charge is 0.243 e. The molecule has 1 saturated carbocycles. The highest BCUT2D eigenvalue weighted by Crippen LogP contribution is 2.41. The van der Waals surface area contributed by atoms with Crippen molar-refractivity contribution < 1.29 is 9.26 Å². The number of hydrogen-bond acceptors (Lipinski definition) is 5. The van der Waals surface area contributed by atoms with Crippen LogP contribution in [0.1, 0.15) is 71.1 Å². The van der Waals surface area contributed by atoms with Crippen LogP contribution < -0.4 is 5.73 Å². The molecule has 20 heavy (non-hydrogen) atoms. The predicted octanol–water partition coefficient (Wildman–Crippen LogP) is 3.17. The first kappa shape index (κ1) is 15.4. The van der Waals surface area contributed by atoms with Gasteiger partial charge in [0.25, 0.3) is 0 Å². The molecule has 1 unspecified atom stereocenters. The van der Waals surface area contributed by atoms with E-state index in [-0.39, 0.29) is 17.6 Å². The lowest BCUT2D eigenvalue weighted by molar-refractivity contribution is -0.0847. The number of nitrogens with two attached hydrogens (primary N) is 1. The molecule has 1 aliphatic rings. The lowest BCUT2D eigenvalue weighted by Gasteiger charge is -2.36. The third-order valence-corrected chi connectivity index (χ3v) is 4.36. The van der Waals surface area contributed by atoms with Gasteiger partial charge in [-0.15, -0.1) is 0 Å². The summed E-state index contributed by atoms with van der Waals surface area (Å²) in [7, 11) is 0. The van der Waals surface area contributed by atoms with Gasteiger partial charge >= 0.3 is 0 Å². The van der Waals surface area contributed by atoms with Gasteiger partial charge in [-0.05, 0) is 44.4 Å². The molecule has 0 amide bonds. The molecule has 1 heterocycles. The van der Waals surface area contributed by atoms with E-state index in [1.54, 1.807) is 0 Å². The van der Waals surface area contributed by atoms with Gasteiger partial charge in [-0.2, -0.15) is 4.98 Å². The first-order chi connectivity index (χ1) is 9.48. The van der Waals surface area contributed by atoms with E-state index in [1.807, 2.05) is 6.92 Å². The van der Waals surface area contributed by atoms with Crippen molar-refractivity contribution in [2.24, 2.45) is 17.6 Å². The Morgan fingerprint density at radius 2 is 2.05 bits per heavy atom. The van der Waals surface area contributed by atoms with Crippen LogP contribution in [0.2, 0.25) is 0 Å². The molecular formula is C15H27N3O2. The normalized spacial score (nSPS) is 28.8. The Morgan fingerprint density at radius 1 is 1.40 bits per heavy atom. The summed E-state index contributed by atoms with van der Waals surface area (Å²) in [4.78, 5) is 4.54. The second-order valence-electron chi connectivity index (χ2n) is 6.34. The third kappa shape index (κ3) is 3.04. The van der Waals surface area contributed by atoms with E-state index in [0.29, 0.717) is 18.3 Å². The van der Waals surface area contributed by atoms with Crippen molar-refractivity contribution in [2.45, 2.75) is 65.0 Å². The minimum absolute atomic E-state index is 0.211. The number of nitrogens with zero attached hydrogens (tertiary/aromatic N) is 2. The maximum absolute atomic E-state index is 6.08. The van der Waals surface area contributed by atoms with Gasteiger partial charge in [-0.25, -0.2) is 0 Å². The Labute approximate surface area is 121 Å². The van der Waals surface area contributed by atoms with Crippen LogP contribution in [0.15, 0.2) is 4.52 Å². The Balaban J connectivity index is 2.22. The van der Waals surface area contributed by atoms with Crippen LogP contribution >= 0.6 is 0 Å². The van der Waals surface area contributed by atoms with Gasteiger partial charge in [0.2, 0.25) is 11.7 Å². The molecule has 114 valence electrons. The zero-order valence-corrected chi connectivity index (χ0v) is 13.1. The lowest BCUT2D eigenvalue weighted by Crippen LogP contribution is -2.35. The standard InChI is InChI=1S/C15H27N3O2/c1-5-19-15(8-6-11(4)7-9-15)14-17-13(20-18-14)12(16)10(2)3/h10-12H,5-9,16H2,1-4H3. The molecule has 0 saturated heterocycles. The molecule has 1 aromatic rings. The largest absolute Gasteiger partial charge is 0.367 e. The number of hydrogen-bond donors (Lipinski definition) is 1. The molecule has 2 N–H and O–H groups in total. The molecule has 1 aromatic heterocycles. The number of ether oxygens (including phenoxy) is 1. The minimum atomic E-state index is -0.375. The SMILES string of the molecule is CCOC1(c2noc(C(N)C(C)C)n2)CCC(C)CC1. The Morgan fingerprint density at radius 3 is 2.60 bits per heavy atom. The average Bonchev–Trinajstić information content (AvgIpc) is 2.91. The van der Waals surface area contributed by atoms with E-state index in [0.717, 1.165) is 31.6 Å². The van der Waals surface area contributed by atoms with Gasteiger partial charge in [-0.1, -0.05) is 25.9 Å². The summed E-state index contributed by atoms with van der Waals surface area (Å²) in [5.74, 6) is 2.22. The van der Waals surface area contributed by atoms with Crippen LogP contribution in [-0.4, -0.2) is 16.7 Å². The molecule has 5 nitrogen and oxygen atoms in total. The maximum atomic E-state index is 6.08. The van der Waals surface area contributed by atoms with Crippen LogP contribution in [0.4, 0.5) is 0 Å². The highest BCUT2D eigenvalue weighted by atomic mass is 16.5. The third-order valence-electron chi connectivity index (χ3n) is 4.36. The molecule has 0 aromatic carbocycles. The van der Waals surface area contributed by atoms with Crippen molar-refractivity contribution >= 4 is 0 Å². The van der Waals surface area contributed by atoms with Crippen molar-refractivity contribution in [1.82, 2.24) is 10.1 Å². The second kappa shape index (κ2) is 6.22. The molecule has 0 bridgehead atoms. The van der Waals surface area contributed by atoms with Gasteiger partial charge in [0, 0.05) is 6.61 Å². The van der Waals surface area contributed by atoms with Crippen molar-refractivity contribution in [3.05, 3.63) is 11.7 Å². The molecule has 2 rings (SSSR count). The summed E-state index contributed by atoms with van der Waals surface area (Å²) in [5.41, 5.74) is 5.71. The van der Waals surface area contributed by atoms with E-state index < -0.39 is 0 Å². The molecule has 0 radical (unpaired) electrons. The molecule has 1 aliphatic carbocycles. The summed E-state index contributed by atoms with van der Waals surface area (Å²) in [5, 5.41) is 4.17. The van der Waals surface area contributed by atoms with E-state index in [9.17, 15) is 0 Å². The molecule has 1 atom stereocenters. The van der Waals surface area contributed by atoms with Gasteiger partial charge in [0.15, 0.2) is 0 Å². The minimum Gasteiger partial charge on any atom is -0.367 e. The quantitative estimate of drug-likeness (QED) is 0.897. The summed E-state index contributed by atoms with van der Waals surface area (Å²) >= 11 is 0. The summed E-state index contributed by atoms with van der Waals surface area (Å²) in [6.45, 7) is 9.06. The van der Waals surface area contributed by atoms with E-state index in [2.05, 4.69) is 30.9 Å². The lowest BCUT2D eigenvalue weighted by atomic mass is 9.79. The van der Waals surface area contributed by atoms with Crippen LogP contribution in [0.5, 0.6) is 0 Å². The van der Waals surface area contributed by atoms with Crippen LogP contribution in [-0.2, 0) is 10.3 Å². The highest BCUT2D eigenvalue weighted by molar-refractivity contribution is 5.05. The van der Waals surface area contributed by atoms with E-state index in [1.165, 1.54) is 0 Å². The van der Waals surface area contributed by atoms with Crippen molar-refractivity contribution in [3.63, 3.8) is 0 Å². The highest BCUT2D eigenvalue weighted by Gasteiger charge is 2.41. The zero-order chi connectivity index (χ0) is 14.8. The first-order valence-electron chi connectivity index (χ1n) is 7.72. The Bertz CT molecular complexity index is 423. The summed E-state index contributed by atoms with van der Waals surface area (Å²) in [6.07, 6.45) is 4.19. The van der Waals surface area contributed by atoms with Crippen LogP contribution in [0, 0.1) is 11.8 Å². The first-order valence-corrected chi connectivity index (χ1v) is 7.72. The fraction of sp³-hybridized carbons (Fsp3) is 0.867. The Hall–Kier alpha value is -0.940. The van der Waals surface area contributed by atoms with Gasteiger partial charge in [0.05, 0.1) is 6.04 Å². The fourth-order valence-corrected chi connectivity index (χ4v) is 2.78. The summed E-state index contributed by atoms with van der Waals surface area (Å²) in [6, 6.07) is -0.211. The van der Waals surface area contributed by atoms with E-state index in [4.69, 9.17) is 15.0 Å². The van der Waals surface area contributed by atoms with Gasteiger partial charge in [0.1, 0.15) is 5.60 Å². The molecular weight excluding hydrogens is 254 g/mol. The average molecular weight is 281 g/mol. The van der Waals surface area contributed by atoms with Crippen LogP contribution in [0.25, 0.3) is 0 Å². The topological polar surface area (TPSA) is 74.2 Å². The number of rotatable bonds is 5. The van der Waals surface area contributed by atoms with Crippen molar-refractivity contribution in [2.75, 3.05) is 6.61 Å². The second-order valence-corrected chi connectivity index (χ2v) is 6.34. The predicted molar refractivity (Wildman–Crippen MR) is 77.0 cm³/mol. The maximum Gasteiger partial charge on any atom is 0.243 e. The van der Waals surface area contributed by atoms with E-state index >= 15 is 0 Å². The van der Waals surface area contributed by atoms with Crippen LogP contribution in [0.3, 0.4) is 0 Å². The van der Waals surface area contributed by atoms with Gasteiger partial charge < -0.3 is 15.0 Å². The fourth-order valence-electron chi connectivity index (χ4n) is 2.78. The number of aromatic nitrogens is 2. The zero-order valence-electron chi connectivity index (χ0n) is 13.1. The van der Waals surface area contributed by atoms with Crippen molar-refractivity contribution in [3.8, 4) is 0 Å². The molecule has 1 fully saturated rings. The molecule has 0 aliphatic heterocycles. The summed E-state index contributed by atoms with van der Waals surface area (Å²) < 4.78 is 11.4. The molecule has 0 spiro atoms. The monoisotopic (exact) mass is 281 g/mol.